The monoisotopic (exact) mass is 372 g/mol. The Bertz CT molecular complexity index is 918. The third kappa shape index (κ3) is 5.64. The van der Waals surface area contributed by atoms with Crippen molar-refractivity contribution in [2.75, 3.05) is 19.0 Å². The minimum absolute atomic E-state index is 0.258. The fourth-order valence-electron chi connectivity index (χ4n) is 1.99. The molecule has 27 heavy (non-hydrogen) atoms. The van der Waals surface area contributed by atoms with E-state index >= 15 is 0 Å². The average molecular weight is 372 g/mol. The van der Waals surface area contributed by atoms with E-state index < -0.39 is 30.1 Å². The number of carbonyl (C=O) groups is 2. The largest absolute Gasteiger partial charge is 0.497 e. The second-order valence-electron chi connectivity index (χ2n) is 5.19. The minimum Gasteiger partial charge on any atom is -0.497 e. The molecule has 2 aromatic carbocycles. The lowest BCUT2D eigenvalue weighted by Gasteiger charge is -2.07. The molecular weight excluding hydrogens is 358 g/mol. The summed E-state index contributed by atoms with van der Waals surface area (Å²) in [6.45, 7) is -0.739. The highest BCUT2D eigenvalue weighted by atomic mass is 19.1. The molecule has 0 saturated heterocycles. The summed E-state index contributed by atoms with van der Waals surface area (Å²) in [6.07, 6.45) is 1.29. The Morgan fingerprint density at radius 3 is 2.48 bits per heavy atom. The third-order valence-corrected chi connectivity index (χ3v) is 3.31. The zero-order chi connectivity index (χ0) is 19.8. The van der Waals surface area contributed by atoms with Gasteiger partial charge in [-0.25, -0.2) is 13.6 Å². The fourth-order valence-corrected chi connectivity index (χ4v) is 1.99. The molecule has 0 unspecified atom stereocenters. The van der Waals surface area contributed by atoms with Gasteiger partial charge in [0.15, 0.2) is 6.61 Å². The SMILES string of the molecule is COc1ccc(/C=C(\C#N)C(=O)OCC(=O)Nc2ccc(F)cc2F)cc1. The number of anilines is 1. The Morgan fingerprint density at radius 2 is 1.89 bits per heavy atom. The van der Waals surface area contributed by atoms with E-state index in [9.17, 15) is 18.4 Å². The van der Waals surface area contributed by atoms with Gasteiger partial charge in [-0.05, 0) is 35.9 Å². The molecule has 0 fully saturated rings. The van der Waals surface area contributed by atoms with Crippen LogP contribution in [0.1, 0.15) is 5.56 Å². The van der Waals surface area contributed by atoms with Crippen molar-refractivity contribution in [3.8, 4) is 11.8 Å². The predicted octanol–water partition coefficient (Wildman–Crippen LogP) is 3.06. The van der Waals surface area contributed by atoms with E-state index in [1.54, 1.807) is 30.3 Å². The summed E-state index contributed by atoms with van der Waals surface area (Å²) in [4.78, 5) is 23.7. The standard InChI is InChI=1S/C19H14F2N2O4/c1-26-15-5-2-12(3-6-15)8-13(10-22)19(25)27-11-18(24)23-17-7-4-14(20)9-16(17)21/h2-9H,11H2,1H3,(H,23,24)/b13-8+. The second-order valence-corrected chi connectivity index (χ2v) is 5.19. The average Bonchev–Trinajstić information content (AvgIpc) is 2.67. The summed E-state index contributed by atoms with van der Waals surface area (Å²) in [5.74, 6) is -3.00. The van der Waals surface area contributed by atoms with Crippen LogP contribution in [0.5, 0.6) is 5.75 Å². The fraction of sp³-hybridized carbons (Fsp3) is 0.105. The number of ether oxygens (including phenoxy) is 2. The number of esters is 1. The molecule has 1 amide bonds. The maximum Gasteiger partial charge on any atom is 0.349 e. The van der Waals surface area contributed by atoms with E-state index in [0.717, 1.165) is 12.1 Å². The zero-order valence-corrected chi connectivity index (χ0v) is 14.2. The van der Waals surface area contributed by atoms with Crippen molar-refractivity contribution < 1.29 is 27.8 Å². The van der Waals surface area contributed by atoms with Crippen LogP contribution < -0.4 is 10.1 Å². The van der Waals surface area contributed by atoms with Gasteiger partial charge in [0.2, 0.25) is 0 Å². The molecule has 0 aliphatic heterocycles. The van der Waals surface area contributed by atoms with E-state index in [4.69, 9.17) is 14.7 Å². The first-order valence-electron chi connectivity index (χ1n) is 7.61. The maximum absolute atomic E-state index is 13.5. The van der Waals surface area contributed by atoms with Crippen molar-refractivity contribution in [1.82, 2.24) is 0 Å². The van der Waals surface area contributed by atoms with Crippen LogP contribution in [0.3, 0.4) is 0 Å². The molecule has 0 radical (unpaired) electrons. The van der Waals surface area contributed by atoms with Crippen LogP contribution in [-0.2, 0) is 14.3 Å². The predicted molar refractivity (Wildman–Crippen MR) is 92.5 cm³/mol. The Hall–Kier alpha value is -3.73. The number of halogens is 2. The van der Waals surface area contributed by atoms with E-state index in [2.05, 4.69) is 5.32 Å². The van der Waals surface area contributed by atoms with Gasteiger partial charge >= 0.3 is 5.97 Å². The van der Waals surface area contributed by atoms with Gasteiger partial charge in [0.25, 0.3) is 5.91 Å². The number of benzene rings is 2. The normalized spacial score (nSPS) is 10.7. The number of hydrogen-bond donors (Lipinski definition) is 1. The van der Waals surface area contributed by atoms with Gasteiger partial charge in [0.05, 0.1) is 12.8 Å². The molecule has 138 valence electrons. The second kappa shape index (κ2) is 9.10. The van der Waals surface area contributed by atoms with E-state index in [1.807, 2.05) is 0 Å². The Labute approximate surface area is 153 Å². The van der Waals surface area contributed by atoms with Crippen molar-refractivity contribution in [3.05, 3.63) is 65.2 Å². The molecule has 8 heteroatoms. The first kappa shape index (κ1) is 19.6. The van der Waals surface area contributed by atoms with Crippen LogP contribution in [0.25, 0.3) is 6.08 Å². The van der Waals surface area contributed by atoms with Crippen molar-refractivity contribution in [3.63, 3.8) is 0 Å². The molecule has 0 aliphatic carbocycles. The van der Waals surface area contributed by atoms with Crippen LogP contribution in [0.4, 0.5) is 14.5 Å². The van der Waals surface area contributed by atoms with Gasteiger partial charge in [-0.3, -0.25) is 4.79 Å². The highest BCUT2D eigenvalue weighted by Crippen LogP contribution is 2.16. The van der Waals surface area contributed by atoms with Crippen molar-refractivity contribution in [2.45, 2.75) is 0 Å². The van der Waals surface area contributed by atoms with Crippen LogP contribution in [-0.4, -0.2) is 25.6 Å². The Morgan fingerprint density at radius 1 is 1.19 bits per heavy atom. The number of nitriles is 1. The number of amides is 1. The van der Waals surface area contributed by atoms with Crippen LogP contribution in [0.15, 0.2) is 48.0 Å². The highest BCUT2D eigenvalue weighted by Gasteiger charge is 2.14. The van der Waals surface area contributed by atoms with Crippen molar-refractivity contribution in [2.24, 2.45) is 0 Å². The topological polar surface area (TPSA) is 88.4 Å². The summed E-state index contributed by atoms with van der Waals surface area (Å²) in [5.41, 5.74) is -0.0187. The molecule has 0 bridgehead atoms. The molecule has 0 spiro atoms. The molecule has 2 rings (SSSR count). The molecular formula is C19H14F2N2O4. The summed E-state index contributed by atoms with van der Waals surface area (Å²) >= 11 is 0. The molecule has 2 aromatic rings. The molecule has 0 aromatic heterocycles. The molecule has 0 aliphatic rings. The lowest BCUT2D eigenvalue weighted by Crippen LogP contribution is -2.22. The van der Waals surface area contributed by atoms with E-state index in [0.29, 0.717) is 17.4 Å². The van der Waals surface area contributed by atoms with Crippen LogP contribution in [0, 0.1) is 23.0 Å². The van der Waals surface area contributed by atoms with Crippen molar-refractivity contribution >= 4 is 23.6 Å². The number of nitrogens with one attached hydrogen (secondary N) is 1. The third-order valence-electron chi connectivity index (χ3n) is 3.31. The summed E-state index contributed by atoms with van der Waals surface area (Å²) in [6, 6.07) is 10.9. The molecule has 0 saturated carbocycles. The number of rotatable bonds is 6. The summed E-state index contributed by atoms with van der Waals surface area (Å²) in [7, 11) is 1.51. The maximum atomic E-state index is 13.5. The van der Waals surface area contributed by atoms with Gasteiger partial charge in [0, 0.05) is 6.07 Å². The smallest absolute Gasteiger partial charge is 0.349 e. The number of hydrogen-bond acceptors (Lipinski definition) is 5. The zero-order valence-electron chi connectivity index (χ0n) is 14.2. The molecule has 1 N–H and O–H groups in total. The first-order valence-corrected chi connectivity index (χ1v) is 7.61. The van der Waals surface area contributed by atoms with Crippen LogP contribution >= 0.6 is 0 Å². The van der Waals surface area contributed by atoms with Gasteiger partial charge in [-0.2, -0.15) is 5.26 Å². The van der Waals surface area contributed by atoms with Gasteiger partial charge < -0.3 is 14.8 Å². The van der Waals surface area contributed by atoms with E-state index in [1.165, 1.54) is 13.2 Å². The van der Waals surface area contributed by atoms with Gasteiger partial charge in [-0.15, -0.1) is 0 Å². The number of carbonyl (C=O) groups excluding carboxylic acids is 2. The first-order chi connectivity index (χ1) is 12.9. The van der Waals surface area contributed by atoms with Gasteiger partial charge in [0.1, 0.15) is 29.0 Å². The quantitative estimate of drug-likeness (QED) is 0.478. The summed E-state index contributed by atoms with van der Waals surface area (Å²) < 4.78 is 36.0. The lowest BCUT2D eigenvalue weighted by atomic mass is 10.1. The molecule has 0 heterocycles. The van der Waals surface area contributed by atoms with Crippen molar-refractivity contribution in [1.29, 1.82) is 5.26 Å². The lowest BCUT2D eigenvalue weighted by molar-refractivity contribution is -0.142. The number of methoxy groups -OCH3 is 1. The van der Waals surface area contributed by atoms with Crippen LogP contribution in [0.2, 0.25) is 0 Å². The minimum atomic E-state index is -1.01. The Balaban J connectivity index is 1.96. The highest BCUT2D eigenvalue weighted by molar-refractivity contribution is 6.00. The molecule has 6 nitrogen and oxygen atoms in total. The summed E-state index contributed by atoms with van der Waals surface area (Å²) in [5, 5.41) is 11.2. The van der Waals surface area contributed by atoms with Gasteiger partial charge in [-0.1, -0.05) is 12.1 Å². The van der Waals surface area contributed by atoms with E-state index in [-0.39, 0.29) is 11.3 Å². The molecule has 0 atom stereocenters. The Kier molecular flexibility index (Phi) is 6.61. The number of nitrogens with zero attached hydrogens (tertiary/aromatic N) is 1.